The molecule has 3 N–H and O–H groups in total. The van der Waals surface area contributed by atoms with Crippen molar-refractivity contribution in [3.8, 4) is 0 Å². The molecule has 1 aromatic heterocycles. The van der Waals surface area contributed by atoms with Gasteiger partial charge in [-0.25, -0.2) is 0 Å². The zero-order valence-electron chi connectivity index (χ0n) is 12.1. The molecular formula is C13H24N6. The molecule has 0 amide bonds. The molecule has 1 fully saturated rings. The van der Waals surface area contributed by atoms with Crippen LogP contribution in [0.3, 0.4) is 0 Å². The van der Waals surface area contributed by atoms with Crippen LogP contribution in [-0.4, -0.2) is 55.6 Å². The first-order valence-corrected chi connectivity index (χ1v) is 6.80. The molecule has 0 aromatic carbocycles. The summed E-state index contributed by atoms with van der Waals surface area (Å²) < 4.78 is 0. The summed E-state index contributed by atoms with van der Waals surface area (Å²) in [6.45, 7) is 3.39. The molecule has 0 atom stereocenters. The van der Waals surface area contributed by atoms with Crippen molar-refractivity contribution in [2.75, 3.05) is 56.7 Å². The van der Waals surface area contributed by atoms with Gasteiger partial charge in [0, 0.05) is 26.7 Å². The molecule has 0 unspecified atom stereocenters. The van der Waals surface area contributed by atoms with E-state index in [0.29, 0.717) is 5.95 Å². The lowest BCUT2D eigenvalue weighted by Gasteiger charge is -2.32. The van der Waals surface area contributed by atoms with Gasteiger partial charge in [-0.15, -0.1) is 0 Å². The largest absolute Gasteiger partial charge is 0.373 e. The van der Waals surface area contributed by atoms with Crippen LogP contribution in [0, 0.1) is 5.92 Å². The van der Waals surface area contributed by atoms with E-state index >= 15 is 0 Å². The van der Waals surface area contributed by atoms with E-state index < -0.39 is 0 Å². The van der Waals surface area contributed by atoms with Crippen LogP contribution in [0.15, 0.2) is 6.07 Å². The molecule has 1 saturated heterocycles. The number of nitrogens with one attached hydrogen (secondary N) is 1. The Bertz CT molecular complexity index is 414. The number of nitrogens with two attached hydrogens (primary N) is 1. The molecule has 0 bridgehead atoms. The summed E-state index contributed by atoms with van der Waals surface area (Å²) in [6, 6.07) is 1.94. The van der Waals surface area contributed by atoms with Gasteiger partial charge < -0.3 is 20.9 Å². The van der Waals surface area contributed by atoms with E-state index in [1.54, 1.807) is 0 Å². The molecule has 1 aliphatic heterocycles. The van der Waals surface area contributed by atoms with Crippen molar-refractivity contribution < 1.29 is 0 Å². The number of hydrogen-bond donors (Lipinski definition) is 2. The summed E-state index contributed by atoms with van der Waals surface area (Å²) in [5.74, 6) is 2.70. The topological polar surface area (TPSA) is 70.3 Å². The average Bonchev–Trinajstić information content (AvgIpc) is 2.40. The molecule has 0 aliphatic carbocycles. The smallest absolute Gasteiger partial charge is 0.223 e. The first-order chi connectivity index (χ1) is 9.08. The van der Waals surface area contributed by atoms with E-state index in [0.717, 1.165) is 24.1 Å². The van der Waals surface area contributed by atoms with E-state index in [-0.39, 0.29) is 0 Å². The van der Waals surface area contributed by atoms with Gasteiger partial charge >= 0.3 is 0 Å². The lowest BCUT2D eigenvalue weighted by atomic mass is 9.97. The Labute approximate surface area is 115 Å². The minimum absolute atomic E-state index is 0.317. The molecule has 19 heavy (non-hydrogen) atoms. The highest BCUT2D eigenvalue weighted by molar-refractivity contribution is 5.51. The van der Waals surface area contributed by atoms with Crippen molar-refractivity contribution in [3.63, 3.8) is 0 Å². The number of nitrogens with zero attached hydrogens (tertiary/aromatic N) is 4. The molecule has 6 heteroatoms. The lowest BCUT2D eigenvalue weighted by Crippen LogP contribution is -2.36. The average molecular weight is 264 g/mol. The maximum atomic E-state index is 5.73. The van der Waals surface area contributed by atoms with Crippen LogP contribution >= 0.6 is 0 Å². The van der Waals surface area contributed by atoms with Crippen molar-refractivity contribution in [1.29, 1.82) is 0 Å². The quantitative estimate of drug-likeness (QED) is 0.841. The van der Waals surface area contributed by atoms with Crippen LogP contribution in [0.5, 0.6) is 0 Å². The van der Waals surface area contributed by atoms with E-state index in [4.69, 9.17) is 5.73 Å². The number of piperidine rings is 1. The van der Waals surface area contributed by atoms with Gasteiger partial charge in [-0.05, 0) is 38.9 Å². The van der Waals surface area contributed by atoms with E-state index in [2.05, 4.69) is 39.2 Å². The van der Waals surface area contributed by atoms with Crippen molar-refractivity contribution in [2.45, 2.75) is 12.8 Å². The predicted octanol–water partition coefficient (Wildman–Crippen LogP) is 0.879. The highest BCUT2D eigenvalue weighted by atomic mass is 15.2. The van der Waals surface area contributed by atoms with Gasteiger partial charge in [0.15, 0.2) is 0 Å². The Morgan fingerprint density at radius 2 is 2.11 bits per heavy atom. The minimum Gasteiger partial charge on any atom is -0.373 e. The van der Waals surface area contributed by atoms with E-state index in [9.17, 15) is 0 Å². The van der Waals surface area contributed by atoms with Crippen molar-refractivity contribution >= 4 is 17.6 Å². The summed E-state index contributed by atoms with van der Waals surface area (Å²) in [4.78, 5) is 13.0. The Hall–Kier alpha value is -1.56. The normalized spacial score (nSPS) is 17.4. The zero-order chi connectivity index (χ0) is 13.8. The second kappa shape index (κ2) is 6.06. The Morgan fingerprint density at radius 1 is 1.42 bits per heavy atom. The van der Waals surface area contributed by atoms with Gasteiger partial charge in [0.25, 0.3) is 0 Å². The number of rotatable bonds is 4. The van der Waals surface area contributed by atoms with Gasteiger partial charge in [-0.3, -0.25) is 0 Å². The molecule has 0 spiro atoms. The van der Waals surface area contributed by atoms with Gasteiger partial charge in [-0.1, -0.05) is 0 Å². The molecule has 106 valence electrons. The first-order valence-electron chi connectivity index (χ1n) is 6.80. The summed E-state index contributed by atoms with van der Waals surface area (Å²) in [5, 5.41) is 3.01. The number of hydrogen-bond acceptors (Lipinski definition) is 6. The number of nitrogen functional groups attached to an aromatic ring is 1. The summed E-state index contributed by atoms with van der Waals surface area (Å²) in [5.41, 5.74) is 5.73. The highest BCUT2D eigenvalue weighted by Crippen LogP contribution is 2.21. The number of aromatic nitrogens is 2. The molecule has 1 aromatic rings. The van der Waals surface area contributed by atoms with Crippen molar-refractivity contribution in [1.82, 2.24) is 14.9 Å². The Kier molecular flexibility index (Phi) is 4.42. The molecule has 2 rings (SSSR count). The van der Waals surface area contributed by atoms with Gasteiger partial charge in [0.2, 0.25) is 5.95 Å². The standard InChI is InChI=1S/C13H24N6/c1-15-11-8-12(17-13(14)16-11)19(3)9-10-4-6-18(2)7-5-10/h8,10H,4-7,9H2,1-3H3,(H3,14,15,16,17). The van der Waals surface area contributed by atoms with Crippen LogP contribution in [0.25, 0.3) is 0 Å². The second-order valence-electron chi connectivity index (χ2n) is 5.35. The molecule has 0 radical (unpaired) electrons. The maximum Gasteiger partial charge on any atom is 0.223 e. The van der Waals surface area contributed by atoms with Crippen LogP contribution < -0.4 is 16.0 Å². The van der Waals surface area contributed by atoms with Gasteiger partial charge in [-0.2, -0.15) is 9.97 Å². The fourth-order valence-electron chi connectivity index (χ4n) is 2.50. The van der Waals surface area contributed by atoms with Crippen LogP contribution in [0.1, 0.15) is 12.8 Å². The lowest BCUT2D eigenvalue weighted by molar-refractivity contribution is 0.222. The fraction of sp³-hybridized carbons (Fsp3) is 0.692. The minimum atomic E-state index is 0.317. The number of likely N-dealkylation sites (tertiary alicyclic amines) is 1. The fourth-order valence-corrected chi connectivity index (χ4v) is 2.50. The Balaban J connectivity index is 1.99. The SMILES string of the molecule is CNc1cc(N(C)CC2CCN(C)CC2)nc(N)n1. The summed E-state index contributed by atoms with van der Waals surface area (Å²) in [6.07, 6.45) is 2.50. The van der Waals surface area contributed by atoms with E-state index in [1.165, 1.54) is 25.9 Å². The second-order valence-corrected chi connectivity index (χ2v) is 5.35. The highest BCUT2D eigenvalue weighted by Gasteiger charge is 2.19. The molecule has 6 nitrogen and oxygen atoms in total. The van der Waals surface area contributed by atoms with Crippen LogP contribution in [-0.2, 0) is 0 Å². The number of anilines is 3. The summed E-state index contributed by atoms with van der Waals surface area (Å²) >= 11 is 0. The molecule has 0 saturated carbocycles. The third kappa shape index (κ3) is 3.70. The molecule has 1 aliphatic rings. The first kappa shape index (κ1) is 13.9. The predicted molar refractivity (Wildman–Crippen MR) is 79.5 cm³/mol. The van der Waals surface area contributed by atoms with E-state index in [1.807, 2.05) is 13.1 Å². The maximum absolute atomic E-state index is 5.73. The van der Waals surface area contributed by atoms with Crippen LogP contribution in [0.4, 0.5) is 17.6 Å². The van der Waals surface area contributed by atoms with Crippen molar-refractivity contribution in [3.05, 3.63) is 6.07 Å². The van der Waals surface area contributed by atoms with Crippen LogP contribution in [0.2, 0.25) is 0 Å². The Morgan fingerprint density at radius 3 is 2.74 bits per heavy atom. The third-order valence-corrected chi connectivity index (χ3v) is 3.75. The van der Waals surface area contributed by atoms with Gasteiger partial charge in [0.05, 0.1) is 0 Å². The molecule has 2 heterocycles. The zero-order valence-corrected chi connectivity index (χ0v) is 12.1. The third-order valence-electron chi connectivity index (χ3n) is 3.75. The molecular weight excluding hydrogens is 240 g/mol. The summed E-state index contributed by atoms with van der Waals surface area (Å²) in [7, 11) is 6.09. The monoisotopic (exact) mass is 264 g/mol. The van der Waals surface area contributed by atoms with Crippen molar-refractivity contribution in [2.24, 2.45) is 5.92 Å². The van der Waals surface area contributed by atoms with Gasteiger partial charge in [0.1, 0.15) is 11.6 Å².